The summed E-state index contributed by atoms with van der Waals surface area (Å²) in [6, 6.07) is 28.3. The maximum Gasteiger partial charge on any atom is 0.354 e. The molecule has 0 aliphatic carbocycles. The van der Waals surface area contributed by atoms with E-state index in [0.29, 0.717) is 15.1 Å². The van der Waals surface area contributed by atoms with E-state index in [4.69, 9.17) is 14.6 Å². The number of carboxylic acid groups (broad SMARTS) is 1. The summed E-state index contributed by atoms with van der Waals surface area (Å²) in [5, 5.41) is 32.1. The minimum Gasteiger partial charge on any atom is -0.502 e. The number of Topliss-reactive ketones (excluding diaryl/α,β-unsaturated/α-hetero) is 1. The Morgan fingerprint density at radius 3 is 2.19 bits per heavy atom. The smallest absolute Gasteiger partial charge is 0.354 e. The number of carbonyl (C=O) groups excluding carboxylic acids is 3. The molecule has 3 aliphatic heterocycles. The van der Waals surface area contributed by atoms with E-state index in [0.717, 1.165) is 34.7 Å². The molecule has 3 atom stereocenters. The number of aromatic nitrogens is 1. The SMILES string of the molecule is CON=C(C(=O)NC1C(=O)N2C(C(=O)O)=C(SCC3CC(=O)C(O)=CO3)SCC12)c1csc(NC(c2ccccc2)(c2ccccc2)c2ccccc2)n1. The Bertz CT molecular complexity index is 2060. The van der Waals surface area contributed by atoms with Gasteiger partial charge in [0.15, 0.2) is 22.3 Å². The number of thiazole rings is 1. The van der Waals surface area contributed by atoms with E-state index in [1.165, 1.54) is 35.1 Å². The zero-order valence-corrected chi connectivity index (χ0v) is 31.0. The standard InChI is InChI=1S/C38H33N5O8S3/c1-50-42-30(33(46)40-31-27-21-53-36(32(35(48)49)43(27)34(31)47)52-19-25-17-28(44)29(45)18-51-25)26-20-54-37(39-26)41-38(22-11-5-2-6-12-22,23-13-7-3-8-14-23)24-15-9-4-10-16-24/h2-16,18,20,25,27,31,45H,17,19,21H2,1H3,(H,39,41)(H,40,46)(H,48,49). The number of rotatable bonds is 13. The van der Waals surface area contributed by atoms with Crippen LogP contribution in [0, 0.1) is 0 Å². The summed E-state index contributed by atoms with van der Waals surface area (Å²) in [5.74, 6) is -2.99. The number of allylic oxidation sites excluding steroid dienone is 1. The third kappa shape index (κ3) is 7.07. The Balaban J connectivity index is 1.10. The number of ketones is 1. The number of aliphatic carboxylic acids is 1. The second-order valence-corrected chi connectivity index (χ2v) is 15.5. The summed E-state index contributed by atoms with van der Waals surface area (Å²) < 4.78 is 5.75. The number of carboxylic acids is 1. The summed E-state index contributed by atoms with van der Waals surface area (Å²) in [5.41, 5.74) is 1.88. The largest absolute Gasteiger partial charge is 0.502 e. The lowest BCUT2D eigenvalue weighted by atomic mass is 9.77. The van der Waals surface area contributed by atoms with Gasteiger partial charge in [0.1, 0.15) is 36.8 Å². The van der Waals surface area contributed by atoms with Crippen molar-refractivity contribution in [1.82, 2.24) is 15.2 Å². The highest BCUT2D eigenvalue weighted by molar-refractivity contribution is 8.22. The molecule has 1 saturated heterocycles. The van der Waals surface area contributed by atoms with Gasteiger partial charge in [-0.25, -0.2) is 9.78 Å². The van der Waals surface area contributed by atoms with E-state index in [9.17, 15) is 29.4 Å². The molecule has 13 nitrogen and oxygen atoms in total. The molecule has 3 unspecified atom stereocenters. The molecule has 3 aliphatic rings. The van der Waals surface area contributed by atoms with Crippen molar-refractivity contribution in [2.24, 2.45) is 5.16 Å². The van der Waals surface area contributed by atoms with Crippen LogP contribution in [0.15, 0.2) is 123 Å². The number of thioether (sulfide) groups is 2. The maximum absolute atomic E-state index is 13.8. The lowest BCUT2D eigenvalue weighted by Crippen LogP contribution is -2.72. The first-order valence-electron chi connectivity index (χ1n) is 16.7. The van der Waals surface area contributed by atoms with Gasteiger partial charge in [0, 0.05) is 16.9 Å². The molecule has 1 fully saturated rings. The van der Waals surface area contributed by atoms with Crippen LogP contribution in [0.25, 0.3) is 0 Å². The molecule has 1 aromatic heterocycles. The van der Waals surface area contributed by atoms with Gasteiger partial charge in [0.05, 0.1) is 16.7 Å². The van der Waals surface area contributed by atoms with Gasteiger partial charge in [-0.15, -0.1) is 34.9 Å². The number of amides is 2. The first-order valence-corrected chi connectivity index (χ1v) is 19.5. The number of fused-ring (bicyclic) bond motifs is 1. The van der Waals surface area contributed by atoms with Gasteiger partial charge in [-0.2, -0.15) is 0 Å². The van der Waals surface area contributed by atoms with Gasteiger partial charge in [-0.3, -0.25) is 19.3 Å². The first-order chi connectivity index (χ1) is 26.2. The summed E-state index contributed by atoms with van der Waals surface area (Å²) in [7, 11) is 1.30. The molecule has 276 valence electrons. The number of anilines is 1. The van der Waals surface area contributed by atoms with Gasteiger partial charge < -0.3 is 30.4 Å². The molecule has 4 heterocycles. The molecule has 3 aromatic carbocycles. The Labute approximate surface area is 322 Å². The fourth-order valence-electron chi connectivity index (χ4n) is 6.52. The maximum atomic E-state index is 13.8. The molecule has 0 bridgehead atoms. The molecule has 54 heavy (non-hydrogen) atoms. The average Bonchev–Trinajstić information content (AvgIpc) is 3.66. The molecule has 0 saturated carbocycles. The topological polar surface area (TPSA) is 180 Å². The van der Waals surface area contributed by atoms with E-state index >= 15 is 0 Å². The normalized spacial score (nSPS) is 19.9. The van der Waals surface area contributed by atoms with Crippen molar-refractivity contribution in [1.29, 1.82) is 0 Å². The average molecular weight is 784 g/mol. The van der Waals surface area contributed by atoms with Crippen molar-refractivity contribution in [3.8, 4) is 0 Å². The van der Waals surface area contributed by atoms with E-state index in [-0.39, 0.29) is 29.3 Å². The summed E-state index contributed by atoms with van der Waals surface area (Å²) in [6.45, 7) is 0. The minimum absolute atomic E-state index is 0.0507. The quantitative estimate of drug-likeness (QED) is 0.0612. The van der Waals surface area contributed by atoms with E-state index in [1.807, 2.05) is 91.0 Å². The highest BCUT2D eigenvalue weighted by Crippen LogP contribution is 2.45. The van der Waals surface area contributed by atoms with Crippen molar-refractivity contribution in [2.45, 2.75) is 30.1 Å². The molecule has 2 amide bonds. The van der Waals surface area contributed by atoms with E-state index in [1.54, 1.807) is 5.38 Å². The van der Waals surface area contributed by atoms with Crippen LogP contribution in [-0.2, 0) is 34.3 Å². The molecule has 16 heteroatoms. The zero-order chi connectivity index (χ0) is 37.8. The lowest BCUT2D eigenvalue weighted by Gasteiger charge is -2.49. The number of ether oxygens (including phenoxy) is 1. The molecular formula is C38H33N5O8S3. The number of benzene rings is 3. The number of aliphatic hydroxyl groups excluding tert-OH is 1. The molecule has 7 rings (SSSR count). The van der Waals surface area contributed by atoms with Gasteiger partial charge in [0.2, 0.25) is 5.78 Å². The summed E-state index contributed by atoms with van der Waals surface area (Å²) in [4.78, 5) is 62.5. The Hall–Kier alpha value is -5.58. The summed E-state index contributed by atoms with van der Waals surface area (Å²) in [6.07, 6.45) is 0.368. The van der Waals surface area contributed by atoms with Crippen LogP contribution in [0.4, 0.5) is 5.13 Å². The Kier molecular flexibility index (Phi) is 10.8. The number of carbonyl (C=O) groups is 4. The number of oxime groups is 1. The third-order valence-corrected chi connectivity index (χ3v) is 12.5. The predicted octanol–water partition coefficient (Wildman–Crippen LogP) is 5.08. The van der Waals surface area contributed by atoms with Crippen molar-refractivity contribution < 1.29 is 39.0 Å². The number of hydrogen-bond donors (Lipinski definition) is 4. The number of aliphatic hydroxyl groups is 1. The monoisotopic (exact) mass is 783 g/mol. The van der Waals surface area contributed by atoms with Crippen LogP contribution in [0.3, 0.4) is 0 Å². The fourth-order valence-corrected chi connectivity index (χ4v) is 9.85. The van der Waals surface area contributed by atoms with Crippen LogP contribution in [0.2, 0.25) is 0 Å². The fraction of sp³-hybridized carbons (Fsp3) is 0.211. The van der Waals surface area contributed by atoms with Gasteiger partial charge in [-0.05, 0) is 16.7 Å². The van der Waals surface area contributed by atoms with Crippen molar-refractivity contribution >= 4 is 69.3 Å². The Morgan fingerprint density at radius 2 is 1.63 bits per heavy atom. The Morgan fingerprint density at radius 1 is 1.02 bits per heavy atom. The van der Waals surface area contributed by atoms with Crippen LogP contribution < -0.4 is 10.6 Å². The van der Waals surface area contributed by atoms with Crippen molar-refractivity contribution in [2.75, 3.05) is 23.9 Å². The third-order valence-electron chi connectivity index (χ3n) is 9.06. The minimum atomic E-state index is -1.30. The molecule has 4 N–H and O–H groups in total. The highest BCUT2D eigenvalue weighted by Gasteiger charge is 2.54. The van der Waals surface area contributed by atoms with Crippen molar-refractivity contribution in [3.63, 3.8) is 0 Å². The highest BCUT2D eigenvalue weighted by atomic mass is 32.2. The van der Waals surface area contributed by atoms with Gasteiger partial charge >= 0.3 is 5.97 Å². The molecule has 0 radical (unpaired) electrons. The van der Waals surface area contributed by atoms with E-state index in [2.05, 4.69) is 15.8 Å². The van der Waals surface area contributed by atoms with Crippen molar-refractivity contribution in [3.05, 3.63) is 141 Å². The first kappa shape index (κ1) is 36.8. The summed E-state index contributed by atoms with van der Waals surface area (Å²) >= 11 is 3.67. The molecule has 4 aromatic rings. The zero-order valence-electron chi connectivity index (χ0n) is 28.6. The van der Waals surface area contributed by atoms with E-state index < -0.39 is 53.1 Å². The predicted molar refractivity (Wildman–Crippen MR) is 206 cm³/mol. The number of nitrogens with one attached hydrogen (secondary N) is 2. The van der Waals surface area contributed by atoms with Crippen LogP contribution in [0.5, 0.6) is 0 Å². The van der Waals surface area contributed by atoms with Gasteiger partial charge in [-0.1, -0.05) is 96.2 Å². The lowest BCUT2D eigenvalue weighted by molar-refractivity contribution is -0.153. The van der Waals surface area contributed by atoms with Gasteiger partial charge in [0.25, 0.3) is 11.8 Å². The number of nitrogens with zero attached hydrogens (tertiary/aromatic N) is 3. The number of hydrogen-bond acceptors (Lipinski definition) is 13. The number of β-lactam (4-membered cyclic amide) rings is 1. The second kappa shape index (κ2) is 15.8. The van der Waals surface area contributed by atoms with Crippen LogP contribution >= 0.6 is 34.9 Å². The van der Waals surface area contributed by atoms with Crippen LogP contribution in [0.1, 0.15) is 28.8 Å². The molecule has 0 spiro atoms. The molecular weight excluding hydrogens is 751 g/mol. The second-order valence-electron chi connectivity index (χ2n) is 12.3. The van der Waals surface area contributed by atoms with Crippen LogP contribution in [-0.4, -0.2) is 86.2 Å².